The van der Waals surface area contributed by atoms with Gasteiger partial charge in [-0.15, -0.1) is 0 Å². The molecular weight excluding hydrogens is 160 g/mol. The fourth-order valence-electron chi connectivity index (χ4n) is 1.34. The van der Waals surface area contributed by atoms with Crippen molar-refractivity contribution in [3.05, 3.63) is 12.2 Å². The monoisotopic (exact) mass is 174 g/mol. The van der Waals surface area contributed by atoms with Crippen LogP contribution in [0.15, 0.2) is 12.2 Å². The van der Waals surface area contributed by atoms with Crippen molar-refractivity contribution in [1.82, 2.24) is 0 Å². The Morgan fingerprint density at radius 1 is 1.17 bits per heavy atom. The van der Waals surface area contributed by atoms with E-state index in [1.54, 1.807) is 6.08 Å². The topological polar surface area (TPSA) is 58.9 Å². The third kappa shape index (κ3) is 2.57. The molecule has 2 unspecified atom stereocenters. The van der Waals surface area contributed by atoms with E-state index >= 15 is 0 Å². The minimum absolute atomic E-state index is 0.452. The highest BCUT2D eigenvalue weighted by atomic mass is 17.1. The summed E-state index contributed by atoms with van der Waals surface area (Å²) in [6, 6.07) is 0. The van der Waals surface area contributed by atoms with E-state index in [1.807, 2.05) is 6.08 Å². The molecule has 0 radical (unpaired) electrons. The SMILES string of the molecule is OOC1/C=C\CCCCC1OO. The van der Waals surface area contributed by atoms with Crippen LogP contribution in [-0.2, 0) is 9.78 Å². The van der Waals surface area contributed by atoms with Crippen LogP contribution >= 0.6 is 0 Å². The first kappa shape index (κ1) is 9.67. The van der Waals surface area contributed by atoms with Crippen molar-refractivity contribution in [2.75, 3.05) is 0 Å². The molecular formula is C8H14O4. The molecule has 0 amide bonds. The third-order valence-corrected chi connectivity index (χ3v) is 2.06. The lowest BCUT2D eigenvalue weighted by molar-refractivity contribution is -0.346. The normalized spacial score (nSPS) is 33.8. The van der Waals surface area contributed by atoms with E-state index < -0.39 is 12.2 Å². The molecule has 2 N–H and O–H groups in total. The third-order valence-electron chi connectivity index (χ3n) is 2.06. The zero-order chi connectivity index (χ0) is 8.81. The smallest absolute Gasteiger partial charge is 0.140 e. The van der Waals surface area contributed by atoms with E-state index in [9.17, 15) is 0 Å². The summed E-state index contributed by atoms with van der Waals surface area (Å²) in [5, 5.41) is 17.0. The van der Waals surface area contributed by atoms with Gasteiger partial charge in [0.2, 0.25) is 0 Å². The van der Waals surface area contributed by atoms with E-state index in [0.717, 1.165) is 19.3 Å². The first-order chi connectivity index (χ1) is 5.88. The molecule has 1 aliphatic carbocycles. The summed E-state index contributed by atoms with van der Waals surface area (Å²) in [7, 11) is 0. The zero-order valence-electron chi connectivity index (χ0n) is 6.85. The maximum atomic E-state index is 8.48. The summed E-state index contributed by atoms with van der Waals surface area (Å²) in [6.45, 7) is 0. The second-order valence-corrected chi connectivity index (χ2v) is 2.93. The fourth-order valence-corrected chi connectivity index (χ4v) is 1.34. The Balaban J connectivity index is 2.53. The molecule has 0 fully saturated rings. The predicted octanol–water partition coefficient (Wildman–Crippen LogP) is 1.83. The molecule has 1 aliphatic rings. The second kappa shape index (κ2) is 5.27. The molecule has 0 aliphatic heterocycles. The highest BCUT2D eigenvalue weighted by Gasteiger charge is 2.21. The quantitative estimate of drug-likeness (QED) is 0.381. The molecule has 0 saturated heterocycles. The summed E-state index contributed by atoms with van der Waals surface area (Å²) in [4.78, 5) is 8.35. The van der Waals surface area contributed by atoms with E-state index in [0.29, 0.717) is 6.42 Å². The minimum Gasteiger partial charge on any atom is -0.251 e. The van der Waals surface area contributed by atoms with Crippen molar-refractivity contribution in [3.63, 3.8) is 0 Å². The van der Waals surface area contributed by atoms with Crippen molar-refractivity contribution in [3.8, 4) is 0 Å². The fraction of sp³-hybridized carbons (Fsp3) is 0.750. The molecule has 2 atom stereocenters. The summed E-state index contributed by atoms with van der Waals surface area (Å²) in [6.07, 6.45) is 6.36. The van der Waals surface area contributed by atoms with Crippen LogP contribution in [0.4, 0.5) is 0 Å². The highest BCUT2D eigenvalue weighted by molar-refractivity contribution is 4.94. The Kier molecular flexibility index (Phi) is 4.24. The van der Waals surface area contributed by atoms with Gasteiger partial charge < -0.3 is 0 Å². The molecule has 0 aromatic rings. The summed E-state index contributed by atoms with van der Waals surface area (Å²) >= 11 is 0. The maximum Gasteiger partial charge on any atom is 0.140 e. The molecule has 0 aromatic carbocycles. The molecule has 1 rings (SSSR count). The van der Waals surface area contributed by atoms with Crippen molar-refractivity contribution < 1.29 is 20.3 Å². The van der Waals surface area contributed by atoms with E-state index in [1.165, 1.54) is 0 Å². The van der Waals surface area contributed by atoms with Gasteiger partial charge in [0.05, 0.1) is 0 Å². The lowest BCUT2D eigenvalue weighted by Crippen LogP contribution is -2.29. The first-order valence-corrected chi connectivity index (χ1v) is 4.15. The largest absolute Gasteiger partial charge is 0.251 e. The van der Waals surface area contributed by atoms with Gasteiger partial charge in [0.1, 0.15) is 12.2 Å². The van der Waals surface area contributed by atoms with E-state index in [-0.39, 0.29) is 0 Å². The standard InChI is InChI=1S/C8H14O4/c9-11-7-5-3-1-2-4-6-8(7)12-10/h3,5,7-10H,1-2,4,6H2/b5-3-. The van der Waals surface area contributed by atoms with Crippen LogP contribution < -0.4 is 0 Å². The minimum atomic E-state index is -0.546. The highest BCUT2D eigenvalue weighted by Crippen LogP contribution is 2.16. The first-order valence-electron chi connectivity index (χ1n) is 4.15. The van der Waals surface area contributed by atoms with Crippen LogP contribution in [0.25, 0.3) is 0 Å². The van der Waals surface area contributed by atoms with Crippen LogP contribution in [0.3, 0.4) is 0 Å². The lowest BCUT2D eigenvalue weighted by Gasteiger charge is -2.20. The Morgan fingerprint density at radius 3 is 2.67 bits per heavy atom. The average molecular weight is 174 g/mol. The van der Waals surface area contributed by atoms with Gasteiger partial charge >= 0.3 is 0 Å². The van der Waals surface area contributed by atoms with Crippen LogP contribution in [0.1, 0.15) is 25.7 Å². The Labute approximate surface area is 71.3 Å². The number of rotatable bonds is 2. The van der Waals surface area contributed by atoms with E-state index in [4.69, 9.17) is 10.5 Å². The van der Waals surface area contributed by atoms with Crippen molar-refractivity contribution >= 4 is 0 Å². The van der Waals surface area contributed by atoms with Crippen molar-refractivity contribution in [2.24, 2.45) is 0 Å². The van der Waals surface area contributed by atoms with Crippen molar-refractivity contribution in [2.45, 2.75) is 37.9 Å². The van der Waals surface area contributed by atoms with Crippen LogP contribution in [-0.4, -0.2) is 22.7 Å². The van der Waals surface area contributed by atoms with Gasteiger partial charge in [-0.25, -0.2) is 9.78 Å². The predicted molar refractivity (Wildman–Crippen MR) is 42.6 cm³/mol. The van der Waals surface area contributed by atoms with Crippen LogP contribution in [0, 0.1) is 0 Å². The molecule has 0 spiro atoms. The van der Waals surface area contributed by atoms with Gasteiger partial charge in [0, 0.05) is 0 Å². The molecule has 0 aromatic heterocycles. The van der Waals surface area contributed by atoms with Gasteiger partial charge in [0.25, 0.3) is 0 Å². The summed E-state index contributed by atoms with van der Waals surface area (Å²) in [5.74, 6) is 0. The summed E-state index contributed by atoms with van der Waals surface area (Å²) in [5.41, 5.74) is 0. The second-order valence-electron chi connectivity index (χ2n) is 2.93. The molecule has 0 bridgehead atoms. The Hall–Kier alpha value is -0.420. The average Bonchev–Trinajstić information content (AvgIpc) is 2.05. The lowest BCUT2D eigenvalue weighted by atomic mass is 10.0. The van der Waals surface area contributed by atoms with Gasteiger partial charge in [-0.05, 0) is 19.3 Å². The Bertz CT molecular complexity index is 146. The zero-order valence-corrected chi connectivity index (χ0v) is 6.85. The summed E-state index contributed by atoms with van der Waals surface area (Å²) < 4.78 is 0. The van der Waals surface area contributed by atoms with Gasteiger partial charge in [-0.2, -0.15) is 0 Å². The molecule has 0 saturated carbocycles. The van der Waals surface area contributed by atoms with Gasteiger partial charge in [0.15, 0.2) is 0 Å². The Morgan fingerprint density at radius 2 is 2.00 bits per heavy atom. The number of allylic oxidation sites excluding steroid dienone is 1. The molecule has 12 heavy (non-hydrogen) atoms. The van der Waals surface area contributed by atoms with Gasteiger partial charge in [-0.1, -0.05) is 18.6 Å². The molecule has 4 heteroatoms. The van der Waals surface area contributed by atoms with Gasteiger partial charge in [-0.3, -0.25) is 10.5 Å². The number of hydrogen-bond acceptors (Lipinski definition) is 4. The van der Waals surface area contributed by atoms with Crippen LogP contribution in [0.2, 0.25) is 0 Å². The van der Waals surface area contributed by atoms with Crippen LogP contribution in [0.5, 0.6) is 0 Å². The van der Waals surface area contributed by atoms with Crippen molar-refractivity contribution in [1.29, 1.82) is 0 Å². The molecule has 4 nitrogen and oxygen atoms in total. The molecule has 0 heterocycles. The molecule has 70 valence electrons. The number of hydrogen-bond donors (Lipinski definition) is 2. The maximum absolute atomic E-state index is 8.48. The van der Waals surface area contributed by atoms with E-state index in [2.05, 4.69) is 9.78 Å².